The second-order valence-corrected chi connectivity index (χ2v) is 8.99. The molecule has 0 atom stereocenters. The van der Waals surface area contributed by atoms with E-state index in [9.17, 15) is 4.79 Å². The summed E-state index contributed by atoms with van der Waals surface area (Å²) in [4.78, 5) is 18.0. The summed E-state index contributed by atoms with van der Waals surface area (Å²) in [7, 11) is 0. The lowest BCUT2D eigenvalue weighted by molar-refractivity contribution is 0.569. The van der Waals surface area contributed by atoms with Crippen LogP contribution in [0.15, 0.2) is 70.6 Å². The van der Waals surface area contributed by atoms with Crippen LogP contribution in [0.5, 0.6) is 0 Å². The van der Waals surface area contributed by atoms with Crippen molar-refractivity contribution < 1.29 is 4.79 Å². The molecule has 0 saturated heterocycles. The van der Waals surface area contributed by atoms with Gasteiger partial charge in [-0.15, -0.1) is 0 Å². The molecule has 0 unspecified atom stereocenters. The van der Waals surface area contributed by atoms with Crippen LogP contribution in [0.25, 0.3) is 27.9 Å². The molecule has 1 saturated carbocycles. The van der Waals surface area contributed by atoms with Gasteiger partial charge in [-0.05, 0) is 67.8 Å². The van der Waals surface area contributed by atoms with Crippen LogP contribution in [0.2, 0.25) is 5.02 Å². The second kappa shape index (κ2) is 7.77. The molecular weight excluding hydrogens is 414 g/mol. The third-order valence-corrected chi connectivity index (χ3v) is 6.46. The molecule has 30 heavy (non-hydrogen) atoms. The number of aromatic nitrogens is 3. The second-order valence-electron chi connectivity index (χ2n) is 7.44. The fourth-order valence-corrected chi connectivity index (χ4v) is 4.39. The molecule has 148 valence electrons. The van der Waals surface area contributed by atoms with E-state index >= 15 is 0 Å². The van der Waals surface area contributed by atoms with Gasteiger partial charge in [0.1, 0.15) is 11.6 Å². The average molecular weight is 432 g/mol. The van der Waals surface area contributed by atoms with Crippen LogP contribution >= 0.6 is 23.4 Å². The Morgan fingerprint density at radius 1 is 1.13 bits per heavy atom. The van der Waals surface area contributed by atoms with Crippen molar-refractivity contribution >= 4 is 45.8 Å². The number of fused-ring (bicyclic) bond motifs is 1. The SMILES string of the molecule is CC(=C=O)c1ccc2nc(-c3nn(C4CC4)cc3Sc3ccc(Cl)cc3)ccc2c1. The minimum atomic E-state index is 0.490. The standard InChI is InChI=1S/C24H18ClN3OS/c1-15(14-29)16-2-10-21-17(12-16)3-11-22(26-21)24-23(13-28(27-24)19-6-7-19)30-20-8-4-18(25)5-9-20/h2-5,8-13,19H,6-7H2,1H3. The molecule has 1 aliphatic rings. The molecule has 4 nitrogen and oxygen atoms in total. The van der Waals surface area contributed by atoms with E-state index in [0.717, 1.165) is 42.7 Å². The van der Waals surface area contributed by atoms with Crippen LogP contribution in [-0.4, -0.2) is 20.7 Å². The predicted molar refractivity (Wildman–Crippen MR) is 122 cm³/mol. The fraction of sp³-hybridized carbons (Fsp3) is 0.167. The van der Waals surface area contributed by atoms with E-state index < -0.39 is 0 Å². The van der Waals surface area contributed by atoms with Gasteiger partial charge in [-0.25, -0.2) is 9.78 Å². The van der Waals surface area contributed by atoms with Crippen molar-refractivity contribution in [3.8, 4) is 11.4 Å². The van der Waals surface area contributed by atoms with E-state index in [2.05, 4.69) is 10.9 Å². The van der Waals surface area contributed by atoms with Gasteiger partial charge in [0, 0.05) is 27.1 Å². The van der Waals surface area contributed by atoms with Gasteiger partial charge in [0.15, 0.2) is 0 Å². The molecule has 6 heteroatoms. The lowest BCUT2D eigenvalue weighted by Crippen LogP contribution is -1.94. The summed E-state index contributed by atoms with van der Waals surface area (Å²) >= 11 is 7.70. The van der Waals surface area contributed by atoms with E-state index in [1.165, 1.54) is 12.8 Å². The highest BCUT2D eigenvalue weighted by Gasteiger charge is 2.26. The summed E-state index contributed by atoms with van der Waals surface area (Å²) in [5, 5.41) is 6.58. The normalized spacial score (nSPS) is 13.4. The smallest absolute Gasteiger partial charge is 0.128 e. The number of halogens is 1. The minimum Gasteiger partial charge on any atom is -0.268 e. The van der Waals surface area contributed by atoms with Crippen LogP contribution < -0.4 is 0 Å². The Balaban J connectivity index is 1.55. The Labute approximate surface area is 183 Å². The van der Waals surface area contributed by atoms with Crippen molar-refractivity contribution in [3.63, 3.8) is 0 Å². The Kier molecular flexibility index (Phi) is 4.95. The largest absolute Gasteiger partial charge is 0.268 e. The highest BCUT2D eigenvalue weighted by atomic mass is 35.5. The molecule has 2 aromatic carbocycles. The Bertz CT molecular complexity index is 1300. The van der Waals surface area contributed by atoms with Crippen molar-refractivity contribution in [1.82, 2.24) is 14.8 Å². The maximum atomic E-state index is 11.0. The fourth-order valence-electron chi connectivity index (χ4n) is 3.33. The number of rotatable bonds is 5. The topological polar surface area (TPSA) is 47.8 Å². The van der Waals surface area contributed by atoms with E-state index in [-0.39, 0.29) is 0 Å². The van der Waals surface area contributed by atoms with Crippen molar-refractivity contribution in [1.29, 1.82) is 0 Å². The van der Waals surface area contributed by atoms with Gasteiger partial charge in [0.05, 0.1) is 22.1 Å². The van der Waals surface area contributed by atoms with Gasteiger partial charge < -0.3 is 0 Å². The lowest BCUT2D eigenvalue weighted by atomic mass is 10.1. The summed E-state index contributed by atoms with van der Waals surface area (Å²) in [5.41, 5.74) is 4.05. The third kappa shape index (κ3) is 3.80. The number of nitrogens with zero attached hydrogens (tertiary/aromatic N) is 3. The first kappa shape index (κ1) is 19.1. The number of hydrogen-bond donors (Lipinski definition) is 0. The molecule has 1 fully saturated rings. The molecule has 0 aliphatic heterocycles. The van der Waals surface area contributed by atoms with E-state index in [0.29, 0.717) is 11.6 Å². The van der Waals surface area contributed by atoms with Crippen molar-refractivity contribution in [2.45, 2.75) is 35.6 Å². The van der Waals surface area contributed by atoms with Crippen molar-refractivity contribution in [2.24, 2.45) is 0 Å². The first-order valence-corrected chi connectivity index (χ1v) is 11.0. The van der Waals surface area contributed by atoms with Gasteiger partial charge in [-0.2, -0.15) is 5.10 Å². The first-order valence-electron chi connectivity index (χ1n) is 9.76. The van der Waals surface area contributed by atoms with Crippen LogP contribution in [0.4, 0.5) is 0 Å². The Hall–Kier alpha value is -2.85. The third-order valence-electron chi connectivity index (χ3n) is 5.18. The Morgan fingerprint density at radius 2 is 1.93 bits per heavy atom. The van der Waals surface area contributed by atoms with Crippen molar-refractivity contribution in [3.05, 3.63) is 71.4 Å². The number of hydrogen-bond acceptors (Lipinski definition) is 4. The quantitative estimate of drug-likeness (QED) is 0.339. The molecular formula is C24H18ClN3OS. The highest BCUT2D eigenvalue weighted by molar-refractivity contribution is 7.99. The zero-order valence-corrected chi connectivity index (χ0v) is 17.9. The molecule has 2 heterocycles. The summed E-state index contributed by atoms with van der Waals surface area (Å²) in [6.07, 6.45) is 4.47. The van der Waals surface area contributed by atoms with Crippen LogP contribution in [-0.2, 0) is 4.79 Å². The van der Waals surface area contributed by atoms with Gasteiger partial charge in [-0.1, -0.05) is 35.5 Å². The van der Waals surface area contributed by atoms with Crippen LogP contribution in [0.1, 0.15) is 31.4 Å². The monoisotopic (exact) mass is 431 g/mol. The molecule has 2 aromatic heterocycles. The highest BCUT2D eigenvalue weighted by Crippen LogP contribution is 2.40. The molecule has 5 rings (SSSR count). The number of pyridine rings is 1. The van der Waals surface area contributed by atoms with Gasteiger partial charge in [0.2, 0.25) is 0 Å². The van der Waals surface area contributed by atoms with E-state index in [1.807, 2.05) is 60.5 Å². The maximum absolute atomic E-state index is 11.0. The lowest BCUT2D eigenvalue weighted by Gasteiger charge is -2.05. The van der Waals surface area contributed by atoms with Gasteiger partial charge in [0.25, 0.3) is 0 Å². The van der Waals surface area contributed by atoms with Crippen LogP contribution in [0, 0.1) is 0 Å². The molecule has 1 aliphatic carbocycles. The minimum absolute atomic E-state index is 0.490. The molecule has 0 radical (unpaired) electrons. The maximum Gasteiger partial charge on any atom is 0.128 e. The number of allylic oxidation sites excluding steroid dienone is 1. The van der Waals surface area contributed by atoms with Gasteiger partial charge in [-0.3, -0.25) is 4.68 Å². The van der Waals surface area contributed by atoms with Crippen molar-refractivity contribution in [2.75, 3.05) is 0 Å². The Morgan fingerprint density at radius 3 is 2.67 bits per heavy atom. The zero-order chi connectivity index (χ0) is 20.7. The molecule has 0 spiro atoms. The molecule has 0 N–H and O–H groups in total. The molecule has 4 aromatic rings. The van der Waals surface area contributed by atoms with E-state index in [1.54, 1.807) is 18.7 Å². The van der Waals surface area contributed by atoms with E-state index in [4.69, 9.17) is 21.7 Å². The zero-order valence-electron chi connectivity index (χ0n) is 16.3. The molecule has 0 bridgehead atoms. The number of benzene rings is 2. The van der Waals surface area contributed by atoms with Gasteiger partial charge >= 0.3 is 0 Å². The van der Waals surface area contributed by atoms with Crippen LogP contribution in [0.3, 0.4) is 0 Å². The number of carbonyl (C=O) groups excluding carboxylic acids is 1. The summed E-state index contributed by atoms with van der Waals surface area (Å²) < 4.78 is 2.07. The summed E-state index contributed by atoms with van der Waals surface area (Å²) in [6, 6.07) is 18.2. The summed E-state index contributed by atoms with van der Waals surface area (Å²) in [5.74, 6) is 1.96. The average Bonchev–Trinajstić information content (AvgIpc) is 3.54. The summed E-state index contributed by atoms with van der Waals surface area (Å²) in [6.45, 7) is 1.76. The first-order chi connectivity index (χ1) is 14.6. The predicted octanol–water partition coefficient (Wildman–Crippen LogP) is 6.47. The molecule has 0 amide bonds.